The number of carbonyl (C=O) groups is 2. The van der Waals surface area contributed by atoms with Gasteiger partial charge in [0.25, 0.3) is 0 Å². The summed E-state index contributed by atoms with van der Waals surface area (Å²) in [5.74, 6) is 2.45. The van der Waals surface area contributed by atoms with E-state index in [0.29, 0.717) is 23.3 Å². The van der Waals surface area contributed by atoms with Crippen molar-refractivity contribution in [2.75, 3.05) is 0 Å². The molecule has 32 heavy (non-hydrogen) atoms. The fourth-order valence-corrected chi connectivity index (χ4v) is 9.01. The summed E-state index contributed by atoms with van der Waals surface area (Å²) >= 11 is 0. The molecule has 5 aliphatic carbocycles. The number of sulfonamides is 1. The standard InChI is InChI=1S/C26H27NO4S/c1-14(23-17-10-15-9-16(12-17)13-18(23)11-15)27-32(30,31)22-8-4-7-21-24(22)26(29)20-6-3-2-5-19(20)25(21)28/h2-8,14-18,23,27H,9-13H2,1H3/t14-,15?,16?,17?,18?,23?/m1/s1. The normalized spacial score (nSPS) is 31.3. The van der Waals surface area contributed by atoms with Crippen molar-refractivity contribution in [2.24, 2.45) is 29.6 Å². The van der Waals surface area contributed by atoms with E-state index in [0.717, 1.165) is 11.8 Å². The number of hydrogen-bond acceptors (Lipinski definition) is 4. The van der Waals surface area contributed by atoms with Gasteiger partial charge in [-0.1, -0.05) is 36.4 Å². The second kappa shape index (κ2) is 7.09. The van der Waals surface area contributed by atoms with Gasteiger partial charge in [-0.25, -0.2) is 13.1 Å². The highest BCUT2D eigenvalue weighted by Gasteiger charge is 2.50. The molecule has 0 spiro atoms. The van der Waals surface area contributed by atoms with Crippen molar-refractivity contribution in [3.8, 4) is 0 Å². The van der Waals surface area contributed by atoms with Crippen LogP contribution in [-0.2, 0) is 10.0 Å². The van der Waals surface area contributed by atoms with Gasteiger partial charge < -0.3 is 0 Å². The Hall–Kier alpha value is -2.31. The van der Waals surface area contributed by atoms with Crippen molar-refractivity contribution >= 4 is 21.6 Å². The first kappa shape index (κ1) is 20.3. The van der Waals surface area contributed by atoms with E-state index in [-0.39, 0.29) is 33.4 Å². The van der Waals surface area contributed by atoms with Crippen molar-refractivity contribution < 1.29 is 18.0 Å². The van der Waals surface area contributed by atoms with Crippen LogP contribution in [0.25, 0.3) is 0 Å². The quantitative estimate of drug-likeness (QED) is 0.647. The minimum atomic E-state index is -3.97. The number of nitrogens with one attached hydrogen (secondary N) is 1. The Bertz CT molecular complexity index is 1220. The Balaban J connectivity index is 1.34. The molecule has 1 atom stereocenters. The maximum absolute atomic E-state index is 13.5. The molecule has 0 radical (unpaired) electrons. The second-order valence-corrected chi connectivity index (χ2v) is 12.0. The van der Waals surface area contributed by atoms with Crippen LogP contribution in [0.3, 0.4) is 0 Å². The van der Waals surface area contributed by atoms with Gasteiger partial charge in [-0.3, -0.25) is 9.59 Å². The molecule has 2 aromatic carbocycles. The summed E-state index contributed by atoms with van der Waals surface area (Å²) in [5, 5.41) is 0. The van der Waals surface area contributed by atoms with Gasteiger partial charge >= 0.3 is 0 Å². The maximum Gasteiger partial charge on any atom is 0.241 e. The molecule has 5 nitrogen and oxygen atoms in total. The van der Waals surface area contributed by atoms with Gasteiger partial charge in [0.1, 0.15) is 0 Å². The fourth-order valence-electron chi connectivity index (χ4n) is 7.51. The van der Waals surface area contributed by atoms with Gasteiger partial charge in [0.05, 0.1) is 10.5 Å². The first-order valence-electron chi connectivity index (χ1n) is 11.7. The lowest BCUT2D eigenvalue weighted by molar-refractivity contribution is -0.0463. The minimum absolute atomic E-state index is 0.000910. The molecular formula is C26H27NO4S. The zero-order valence-corrected chi connectivity index (χ0v) is 18.9. The summed E-state index contributed by atoms with van der Waals surface area (Å²) in [5.41, 5.74) is 0.760. The van der Waals surface area contributed by atoms with Crippen LogP contribution in [0.4, 0.5) is 0 Å². The summed E-state index contributed by atoms with van der Waals surface area (Å²) in [6, 6.07) is 11.0. The molecule has 4 fully saturated rings. The number of ketones is 2. The highest BCUT2D eigenvalue weighted by atomic mass is 32.2. The Morgan fingerprint density at radius 2 is 1.34 bits per heavy atom. The van der Waals surface area contributed by atoms with Crippen molar-refractivity contribution in [1.82, 2.24) is 4.72 Å². The van der Waals surface area contributed by atoms with E-state index < -0.39 is 15.8 Å². The third-order valence-corrected chi connectivity index (χ3v) is 10.0. The van der Waals surface area contributed by atoms with Crippen LogP contribution in [0.5, 0.6) is 0 Å². The van der Waals surface area contributed by atoms with Crippen LogP contribution < -0.4 is 4.72 Å². The zero-order chi connectivity index (χ0) is 22.2. The van der Waals surface area contributed by atoms with Gasteiger partial charge in [-0.15, -0.1) is 0 Å². The molecule has 0 heterocycles. The molecule has 7 rings (SSSR count). The molecular weight excluding hydrogens is 422 g/mol. The van der Waals surface area contributed by atoms with E-state index >= 15 is 0 Å². The van der Waals surface area contributed by atoms with Crippen LogP contribution in [-0.4, -0.2) is 26.0 Å². The maximum atomic E-state index is 13.5. The molecule has 5 aliphatic rings. The van der Waals surface area contributed by atoms with E-state index in [1.165, 1.54) is 38.2 Å². The average molecular weight is 450 g/mol. The topological polar surface area (TPSA) is 80.3 Å². The predicted octanol–water partition coefficient (Wildman–Crippen LogP) is 4.20. The lowest BCUT2D eigenvalue weighted by atomic mass is 9.51. The first-order chi connectivity index (χ1) is 15.3. The Kier molecular flexibility index (Phi) is 4.50. The summed E-state index contributed by atoms with van der Waals surface area (Å²) in [7, 11) is -3.97. The van der Waals surface area contributed by atoms with Crippen LogP contribution in [0.1, 0.15) is 70.9 Å². The largest absolute Gasteiger partial charge is 0.289 e. The van der Waals surface area contributed by atoms with Gasteiger partial charge in [-0.05, 0) is 74.7 Å². The molecule has 0 amide bonds. The van der Waals surface area contributed by atoms with Gasteiger partial charge in [-0.2, -0.15) is 0 Å². The summed E-state index contributed by atoms with van der Waals surface area (Å²) in [6.45, 7) is 1.97. The highest BCUT2D eigenvalue weighted by molar-refractivity contribution is 7.89. The van der Waals surface area contributed by atoms with Crippen molar-refractivity contribution in [3.05, 3.63) is 64.7 Å². The van der Waals surface area contributed by atoms with Gasteiger partial charge in [0.15, 0.2) is 11.6 Å². The van der Waals surface area contributed by atoms with Crippen LogP contribution in [0, 0.1) is 29.6 Å². The van der Waals surface area contributed by atoms with Crippen molar-refractivity contribution in [2.45, 2.75) is 50.0 Å². The second-order valence-electron chi connectivity index (χ2n) is 10.3. The minimum Gasteiger partial charge on any atom is -0.289 e. The highest BCUT2D eigenvalue weighted by Crippen LogP contribution is 2.57. The average Bonchev–Trinajstić information content (AvgIpc) is 2.76. The number of hydrogen-bond donors (Lipinski definition) is 1. The van der Waals surface area contributed by atoms with E-state index in [9.17, 15) is 18.0 Å². The monoisotopic (exact) mass is 449 g/mol. The van der Waals surface area contributed by atoms with E-state index in [1.54, 1.807) is 36.4 Å². The molecule has 4 bridgehead atoms. The van der Waals surface area contributed by atoms with Crippen LogP contribution in [0.15, 0.2) is 47.4 Å². The summed E-state index contributed by atoms with van der Waals surface area (Å²) in [6.07, 6.45) is 6.22. The number of rotatable bonds is 4. The van der Waals surface area contributed by atoms with E-state index in [1.807, 2.05) is 6.92 Å². The first-order valence-corrected chi connectivity index (χ1v) is 13.2. The molecule has 6 heteroatoms. The number of benzene rings is 2. The molecule has 0 aliphatic heterocycles. The van der Waals surface area contributed by atoms with E-state index in [2.05, 4.69) is 4.72 Å². The van der Waals surface area contributed by atoms with Crippen molar-refractivity contribution in [1.29, 1.82) is 0 Å². The third-order valence-electron chi connectivity index (χ3n) is 8.42. The Morgan fingerprint density at radius 1 is 0.781 bits per heavy atom. The van der Waals surface area contributed by atoms with Gasteiger partial charge in [0, 0.05) is 22.7 Å². The predicted molar refractivity (Wildman–Crippen MR) is 120 cm³/mol. The molecule has 0 aromatic heterocycles. The Labute approximate surface area is 188 Å². The lowest BCUT2D eigenvalue weighted by Gasteiger charge is -2.56. The molecule has 166 valence electrons. The lowest BCUT2D eigenvalue weighted by Crippen LogP contribution is -2.53. The molecule has 0 saturated heterocycles. The summed E-state index contributed by atoms with van der Waals surface area (Å²) < 4.78 is 30.0. The van der Waals surface area contributed by atoms with E-state index in [4.69, 9.17) is 0 Å². The molecule has 2 aromatic rings. The van der Waals surface area contributed by atoms with Crippen LogP contribution >= 0.6 is 0 Å². The molecule has 4 saturated carbocycles. The zero-order valence-electron chi connectivity index (χ0n) is 18.1. The summed E-state index contributed by atoms with van der Waals surface area (Å²) in [4.78, 5) is 26.2. The van der Waals surface area contributed by atoms with Gasteiger partial charge in [0.2, 0.25) is 10.0 Å². The molecule has 1 N–H and O–H groups in total. The number of carbonyl (C=O) groups excluding carboxylic acids is 2. The SMILES string of the molecule is C[C@@H](NS(=O)(=O)c1cccc2c1C(=O)c1ccccc1C2=O)C1C2CC3CC(C2)CC1C3. The van der Waals surface area contributed by atoms with Crippen molar-refractivity contribution in [3.63, 3.8) is 0 Å². The number of fused-ring (bicyclic) bond motifs is 2. The Morgan fingerprint density at radius 3 is 1.97 bits per heavy atom. The third kappa shape index (κ3) is 2.96. The smallest absolute Gasteiger partial charge is 0.241 e. The van der Waals surface area contributed by atoms with Crippen LogP contribution in [0.2, 0.25) is 0 Å². The fraction of sp³-hybridized carbons (Fsp3) is 0.462. The molecule has 0 unspecified atom stereocenters.